The summed E-state index contributed by atoms with van der Waals surface area (Å²) in [5.41, 5.74) is 2.65. The van der Waals surface area contributed by atoms with Crippen molar-refractivity contribution in [3.05, 3.63) is 61.0 Å². The maximum absolute atomic E-state index is 4.67. The van der Waals surface area contributed by atoms with Gasteiger partial charge in [0.2, 0.25) is 0 Å². The Morgan fingerprint density at radius 2 is 2.07 bits per heavy atom. The molecule has 136 valence electrons. The predicted octanol–water partition coefficient (Wildman–Crippen LogP) is 2.38. The quantitative estimate of drug-likeness (QED) is 0.601. The molecule has 1 fully saturated rings. The van der Waals surface area contributed by atoms with E-state index in [1.807, 2.05) is 36.8 Å². The van der Waals surface area contributed by atoms with E-state index in [2.05, 4.69) is 39.4 Å². The molecule has 27 heavy (non-hydrogen) atoms. The molecular formula is C19H20N8. The SMILES string of the molecule is c1ccc(Cn2ccnc2[C@@H]2CCCN(c3ncnc4nc[nH]c34)C2)nc1. The van der Waals surface area contributed by atoms with Crippen LogP contribution in [0, 0.1) is 0 Å². The molecule has 5 rings (SSSR count). The summed E-state index contributed by atoms with van der Waals surface area (Å²) in [6.07, 6.45) is 11.2. The second-order valence-corrected chi connectivity index (χ2v) is 6.82. The third-order valence-electron chi connectivity index (χ3n) is 5.10. The van der Waals surface area contributed by atoms with Gasteiger partial charge in [-0.1, -0.05) is 6.07 Å². The standard InChI is InChI=1S/C19H20N8/c1-2-6-20-15(5-1)11-27-9-7-21-18(27)14-4-3-8-26(10-14)19-16-17(23-12-22-16)24-13-25-19/h1-2,5-7,9,12-14H,3-4,8,10-11H2,(H,22,23,24,25)/t14-/m1/s1. The van der Waals surface area contributed by atoms with Crippen LogP contribution in [0.1, 0.15) is 30.3 Å². The lowest BCUT2D eigenvalue weighted by Crippen LogP contribution is -2.36. The highest BCUT2D eigenvalue weighted by molar-refractivity contribution is 5.82. The summed E-state index contributed by atoms with van der Waals surface area (Å²) in [6.45, 7) is 2.60. The Kier molecular flexibility index (Phi) is 4.00. The molecule has 0 bridgehead atoms. The maximum atomic E-state index is 4.67. The molecule has 0 radical (unpaired) electrons. The minimum absolute atomic E-state index is 0.352. The van der Waals surface area contributed by atoms with Gasteiger partial charge in [0, 0.05) is 37.6 Å². The van der Waals surface area contributed by atoms with E-state index in [4.69, 9.17) is 0 Å². The Balaban J connectivity index is 1.41. The highest BCUT2D eigenvalue weighted by Crippen LogP contribution is 2.30. The number of hydrogen-bond donors (Lipinski definition) is 1. The Hall–Kier alpha value is -3.29. The molecule has 5 heterocycles. The summed E-state index contributed by atoms with van der Waals surface area (Å²) >= 11 is 0. The molecule has 1 atom stereocenters. The minimum Gasteiger partial charge on any atom is -0.354 e. The van der Waals surface area contributed by atoms with Crippen molar-refractivity contribution >= 4 is 17.0 Å². The largest absolute Gasteiger partial charge is 0.354 e. The summed E-state index contributed by atoms with van der Waals surface area (Å²) in [5, 5.41) is 0. The molecule has 4 aromatic heterocycles. The van der Waals surface area contributed by atoms with Crippen LogP contribution in [0.2, 0.25) is 0 Å². The van der Waals surface area contributed by atoms with Gasteiger partial charge in [0.25, 0.3) is 0 Å². The Morgan fingerprint density at radius 1 is 1.07 bits per heavy atom. The number of piperidine rings is 1. The van der Waals surface area contributed by atoms with E-state index in [-0.39, 0.29) is 0 Å². The molecule has 1 N–H and O–H groups in total. The Bertz CT molecular complexity index is 1040. The topological polar surface area (TPSA) is 88.4 Å². The molecule has 0 saturated carbocycles. The van der Waals surface area contributed by atoms with Gasteiger partial charge in [-0.25, -0.2) is 19.9 Å². The van der Waals surface area contributed by atoms with Gasteiger partial charge in [0.05, 0.1) is 18.6 Å². The van der Waals surface area contributed by atoms with Crippen LogP contribution in [0.25, 0.3) is 11.2 Å². The maximum Gasteiger partial charge on any atom is 0.182 e. The van der Waals surface area contributed by atoms with Crippen LogP contribution < -0.4 is 4.90 Å². The van der Waals surface area contributed by atoms with Gasteiger partial charge >= 0.3 is 0 Å². The van der Waals surface area contributed by atoms with Crippen LogP contribution in [0.15, 0.2) is 49.4 Å². The van der Waals surface area contributed by atoms with Crippen molar-refractivity contribution in [1.82, 2.24) is 34.5 Å². The number of hydrogen-bond acceptors (Lipinski definition) is 6. The third-order valence-corrected chi connectivity index (χ3v) is 5.10. The average Bonchev–Trinajstić information content (AvgIpc) is 3.38. The van der Waals surface area contributed by atoms with Crippen LogP contribution in [0.4, 0.5) is 5.82 Å². The van der Waals surface area contributed by atoms with Crippen molar-refractivity contribution in [3.63, 3.8) is 0 Å². The zero-order chi connectivity index (χ0) is 18.1. The van der Waals surface area contributed by atoms with Crippen molar-refractivity contribution in [2.75, 3.05) is 18.0 Å². The number of aromatic nitrogens is 7. The van der Waals surface area contributed by atoms with Gasteiger partial charge in [-0.05, 0) is 25.0 Å². The average molecular weight is 360 g/mol. The molecular weight excluding hydrogens is 340 g/mol. The van der Waals surface area contributed by atoms with Gasteiger partial charge < -0.3 is 14.5 Å². The highest BCUT2D eigenvalue weighted by Gasteiger charge is 2.27. The Labute approximate surface area is 156 Å². The van der Waals surface area contributed by atoms with Crippen molar-refractivity contribution in [2.24, 2.45) is 0 Å². The molecule has 8 heteroatoms. The molecule has 4 aromatic rings. The first kappa shape index (κ1) is 15.9. The van der Waals surface area contributed by atoms with Gasteiger partial charge in [0.1, 0.15) is 17.7 Å². The van der Waals surface area contributed by atoms with Gasteiger partial charge in [-0.15, -0.1) is 0 Å². The summed E-state index contributed by atoms with van der Waals surface area (Å²) in [5.74, 6) is 2.38. The van der Waals surface area contributed by atoms with Crippen LogP contribution in [-0.4, -0.2) is 47.6 Å². The zero-order valence-electron chi connectivity index (χ0n) is 14.9. The smallest absolute Gasteiger partial charge is 0.182 e. The number of H-pyrrole nitrogens is 1. The van der Waals surface area contributed by atoms with Gasteiger partial charge in [-0.3, -0.25) is 4.98 Å². The normalized spacial score (nSPS) is 17.5. The van der Waals surface area contributed by atoms with E-state index in [1.165, 1.54) is 0 Å². The second-order valence-electron chi connectivity index (χ2n) is 6.82. The lowest BCUT2D eigenvalue weighted by atomic mass is 9.97. The molecule has 1 aliphatic heterocycles. The number of nitrogens with one attached hydrogen (secondary N) is 1. The molecule has 0 amide bonds. The van der Waals surface area contributed by atoms with Gasteiger partial charge in [0.15, 0.2) is 11.5 Å². The number of rotatable bonds is 4. The monoisotopic (exact) mass is 360 g/mol. The minimum atomic E-state index is 0.352. The molecule has 0 aliphatic carbocycles. The molecule has 0 spiro atoms. The predicted molar refractivity (Wildman–Crippen MR) is 101 cm³/mol. The summed E-state index contributed by atoms with van der Waals surface area (Å²) in [7, 11) is 0. The lowest BCUT2D eigenvalue weighted by molar-refractivity contribution is 0.474. The third kappa shape index (κ3) is 3.03. The van der Waals surface area contributed by atoms with Crippen LogP contribution in [-0.2, 0) is 6.54 Å². The molecule has 1 aliphatic rings. The molecule has 0 unspecified atom stereocenters. The number of pyridine rings is 1. The number of aromatic amines is 1. The van der Waals surface area contributed by atoms with E-state index in [9.17, 15) is 0 Å². The highest BCUT2D eigenvalue weighted by atomic mass is 15.2. The van der Waals surface area contributed by atoms with Crippen LogP contribution >= 0.6 is 0 Å². The first-order valence-corrected chi connectivity index (χ1v) is 9.18. The van der Waals surface area contributed by atoms with Crippen LogP contribution in [0.3, 0.4) is 0 Å². The van der Waals surface area contributed by atoms with E-state index < -0.39 is 0 Å². The van der Waals surface area contributed by atoms with E-state index >= 15 is 0 Å². The van der Waals surface area contributed by atoms with Gasteiger partial charge in [-0.2, -0.15) is 0 Å². The fraction of sp³-hybridized carbons (Fsp3) is 0.316. The first-order valence-electron chi connectivity index (χ1n) is 9.18. The molecule has 8 nitrogen and oxygen atoms in total. The number of nitrogens with zero attached hydrogens (tertiary/aromatic N) is 7. The van der Waals surface area contributed by atoms with Crippen LogP contribution in [0.5, 0.6) is 0 Å². The first-order chi connectivity index (χ1) is 13.4. The fourth-order valence-electron chi connectivity index (χ4n) is 3.85. The van der Waals surface area contributed by atoms with E-state index in [1.54, 1.807) is 12.7 Å². The molecule has 0 aromatic carbocycles. The van der Waals surface area contributed by atoms with E-state index in [0.717, 1.165) is 55.3 Å². The summed E-state index contributed by atoms with van der Waals surface area (Å²) in [6, 6.07) is 6.01. The zero-order valence-corrected chi connectivity index (χ0v) is 14.9. The number of anilines is 1. The lowest BCUT2D eigenvalue weighted by Gasteiger charge is -2.33. The van der Waals surface area contributed by atoms with Crippen molar-refractivity contribution < 1.29 is 0 Å². The second kappa shape index (κ2) is 6.79. The number of fused-ring (bicyclic) bond motifs is 1. The van der Waals surface area contributed by atoms with E-state index in [0.29, 0.717) is 11.6 Å². The van der Waals surface area contributed by atoms with Crippen molar-refractivity contribution in [2.45, 2.75) is 25.3 Å². The number of imidazole rings is 2. The summed E-state index contributed by atoms with van der Waals surface area (Å²) < 4.78 is 2.21. The molecule has 1 saturated heterocycles. The van der Waals surface area contributed by atoms with Crippen molar-refractivity contribution in [3.8, 4) is 0 Å². The summed E-state index contributed by atoms with van der Waals surface area (Å²) in [4.78, 5) is 27.6. The Morgan fingerprint density at radius 3 is 3.00 bits per heavy atom. The fourth-order valence-corrected chi connectivity index (χ4v) is 3.85. The van der Waals surface area contributed by atoms with Crippen molar-refractivity contribution in [1.29, 1.82) is 0 Å².